The van der Waals surface area contributed by atoms with Gasteiger partial charge < -0.3 is 0 Å². The molecule has 0 heteroatoms. The minimum atomic E-state index is 1.02. The van der Waals surface area contributed by atoms with Gasteiger partial charge in [-0.15, -0.1) is 0 Å². The first kappa shape index (κ1) is 9.05. The van der Waals surface area contributed by atoms with Gasteiger partial charge in [-0.3, -0.25) is 0 Å². The highest BCUT2D eigenvalue weighted by molar-refractivity contribution is 5.12. The summed E-state index contributed by atoms with van der Waals surface area (Å²) in [6.45, 7) is 0. The van der Waals surface area contributed by atoms with Crippen LogP contribution in [0.4, 0.5) is 0 Å². The van der Waals surface area contributed by atoms with E-state index in [1.807, 2.05) is 0 Å². The van der Waals surface area contributed by atoms with Crippen molar-refractivity contribution in [3.8, 4) is 0 Å². The van der Waals surface area contributed by atoms with Gasteiger partial charge in [-0.2, -0.15) is 0 Å². The van der Waals surface area contributed by atoms with E-state index >= 15 is 0 Å². The Balaban J connectivity index is 2.41. The molecule has 0 fully saturated rings. The average Bonchev–Trinajstić information content (AvgIpc) is 2.05. The molecule has 0 saturated heterocycles. The molecule has 0 amide bonds. The zero-order valence-corrected chi connectivity index (χ0v) is 7.32. The van der Waals surface area contributed by atoms with Crippen molar-refractivity contribution in [3.63, 3.8) is 0 Å². The molecule has 0 aromatic rings. The van der Waals surface area contributed by atoms with Gasteiger partial charge in [0.25, 0.3) is 0 Å². The summed E-state index contributed by atoms with van der Waals surface area (Å²) < 4.78 is 0. The highest BCUT2D eigenvalue weighted by Gasteiger charge is 1.78. The number of hydrogen-bond donors (Lipinski definition) is 0. The summed E-state index contributed by atoms with van der Waals surface area (Å²) in [5, 5.41) is 0. The molecule has 63 valence electrons. The lowest BCUT2D eigenvalue weighted by Gasteiger charge is -1.87. The highest BCUT2D eigenvalue weighted by Crippen LogP contribution is 1.97. The van der Waals surface area contributed by atoms with Crippen molar-refractivity contribution in [1.29, 1.82) is 0 Å². The second kappa shape index (κ2) is 6.66. The zero-order valence-electron chi connectivity index (χ0n) is 7.32. The van der Waals surface area contributed by atoms with Crippen LogP contribution in [-0.4, -0.2) is 0 Å². The van der Waals surface area contributed by atoms with E-state index < -0.39 is 0 Å². The van der Waals surface area contributed by atoms with Gasteiger partial charge in [-0.1, -0.05) is 48.6 Å². The fourth-order valence-corrected chi connectivity index (χ4v) is 0.999. The first-order chi connectivity index (χ1) is 6.00. The van der Waals surface area contributed by atoms with E-state index in [2.05, 4.69) is 55.0 Å². The summed E-state index contributed by atoms with van der Waals surface area (Å²) in [6, 6.07) is 0. The van der Waals surface area contributed by atoms with Crippen LogP contribution in [0.5, 0.6) is 0 Å². The van der Waals surface area contributed by atoms with Gasteiger partial charge >= 0.3 is 0 Å². The maximum Gasteiger partial charge on any atom is 0.00442 e. The van der Waals surface area contributed by atoms with Gasteiger partial charge in [0.15, 0.2) is 0 Å². The molecule has 1 rings (SSSR count). The van der Waals surface area contributed by atoms with Crippen LogP contribution in [0.1, 0.15) is 19.3 Å². The Morgan fingerprint density at radius 3 is 2.08 bits per heavy atom. The smallest absolute Gasteiger partial charge is 0.00442 e. The molecule has 0 nitrogen and oxygen atoms in total. The Hall–Kier alpha value is -1.04. The van der Waals surface area contributed by atoms with Gasteiger partial charge in [0.05, 0.1) is 0 Å². The minimum absolute atomic E-state index is 1.02. The predicted molar refractivity (Wildman–Crippen MR) is 54.7 cm³/mol. The molecule has 1 aliphatic rings. The third-order valence-corrected chi connectivity index (χ3v) is 1.65. The van der Waals surface area contributed by atoms with E-state index in [0.29, 0.717) is 0 Å². The standard InChI is InChI=1S/C12H15/c1-2-4-6-8-10-12-11-9-7-5-3-1/h1-5,8,10-12H,6-7,9H2/b4-2+,5-3-,10-8+,12-11-. The van der Waals surface area contributed by atoms with Gasteiger partial charge in [0.2, 0.25) is 0 Å². The van der Waals surface area contributed by atoms with E-state index in [1.54, 1.807) is 0 Å². The predicted octanol–water partition coefficient (Wildman–Crippen LogP) is 3.60. The summed E-state index contributed by atoms with van der Waals surface area (Å²) in [5.74, 6) is 0. The third kappa shape index (κ3) is 4.73. The first-order valence-electron chi connectivity index (χ1n) is 4.47. The van der Waals surface area contributed by atoms with Gasteiger partial charge in [-0.25, -0.2) is 0 Å². The van der Waals surface area contributed by atoms with Crippen molar-refractivity contribution in [2.45, 2.75) is 19.3 Å². The van der Waals surface area contributed by atoms with Crippen molar-refractivity contribution in [1.82, 2.24) is 0 Å². The molecule has 0 unspecified atom stereocenters. The van der Waals surface area contributed by atoms with Crippen LogP contribution in [0.15, 0.2) is 48.6 Å². The molecule has 1 radical (unpaired) electrons. The molecule has 1 aliphatic carbocycles. The van der Waals surface area contributed by atoms with Crippen LogP contribution in [0.25, 0.3) is 0 Å². The second-order valence-corrected chi connectivity index (χ2v) is 2.72. The molecule has 0 atom stereocenters. The van der Waals surface area contributed by atoms with E-state index in [9.17, 15) is 0 Å². The summed E-state index contributed by atoms with van der Waals surface area (Å²) in [7, 11) is 0. The quantitative estimate of drug-likeness (QED) is 0.506. The largest absolute Gasteiger partial charge is 0.0876 e. The summed E-state index contributed by atoms with van der Waals surface area (Å²) >= 11 is 0. The number of allylic oxidation sites excluding steroid dienone is 8. The zero-order chi connectivity index (χ0) is 8.49. The van der Waals surface area contributed by atoms with E-state index in [4.69, 9.17) is 0 Å². The molecular formula is C12H15. The van der Waals surface area contributed by atoms with Gasteiger partial charge in [-0.05, 0) is 19.3 Å². The normalized spacial score (nSPS) is 29.3. The number of rotatable bonds is 0. The van der Waals surface area contributed by atoms with Crippen molar-refractivity contribution < 1.29 is 0 Å². The average molecular weight is 159 g/mol. The van der Waals surface area contributed by atoms with E-state index in [-0.39, 0.29) is 0 Å². The van der Waals surface area contributed by atoms with Crippen LogP contribution in [-0.2, 0) is 0 Å². The maximum atomic E-state index is 2.20. The molecular weight excluding hydrogens is 144 g/mol. The van der Waals surface area contributed by atoms with Crippen LogP contribution in [0, 0.1) is 6.42 Å². The fraction of sp³-hybridized carbons (Fsp3) is 0.250. The van der Waals surface area contributed by atoms with Crippen molar-refractivity contribution in [3.05, 3.63) is 55.0 Å². The lowest BCUT2D eigenvalue weighted by atomic mass is 10.2. The summed E-state index contributed by atoms with van der Waals surface area (Å²) in [4.78, 5) is 0. The molecule has 0 aromatic carbocycles. The Labute approximate surface area is 75.0 Å². The maximum absolute atomic E-state index is 2.20. The lowest BCUT2D eigenvalue weighted by molar-refractivity contribution is 1.05. The SMILES string of the molecule is [CH]1/C=C\CC/C=C\C=C\C/C=C/1. The molecule has 0 bridgehead atoms. The van der Waals surface area contributed by atoms with E-state index in [1.165, 1.54) is 0 Å². The second-order valence-electron chi connectivity index (χ2n) is 2.72. The Bertz CT molecular complexity index is 204. The summed E-state index contributed by atoms with van der Waals surface area (Å²) in [6.07, 6.45) is 22.5. The topological polar surface area (TPSA) is 0 Å². The Morgan fingerprint density at radius 2 is 1.17 bits per heavy atom. The van der Waals surface area contributed by atoms with Gasteiger partial charge in [0, 0.05) is 6.42 Å². The van der Waals surface area contributed by atoms with Crippen molar-refractivity contribution >= 4 is 0 Å². The monoisotopic (exact) mass is 159 g/mol. The molecule has 0 aliphatic heterocycles. The van der Waals surface area contributed by atoms with Crippen LogP contribution >= 0.6 is 0 Å². The third-order valence-electron chi connectivity index (χ3n) is 1.65. The van der Waals surface area contributed by atoms with Crippen molar-refractivity contribution in [2.75, 3.05) is 0 Å². The first-order valence-corrected chi connectivity index (χ1v) is 4.47. The molecule has 0 N–H and O–H groups in total. The van der Waals surface area contributed by atoms with E-state index in [0.717, 1.165) is 19.3 Å². The number of hydrogen-bond acceptors (Lipinski definition) is 0. The molecule has 0 aromatic heterocycles. The van der Waals surface area contributed by atoms with Crippen LogP contribution in [0.2, 0.25) is 0 Å². The molecule has 0 spiro atoms. The highest BCUT2D eigenvalue weighted by atomic mass is 13.8. The van der Waals surface area contributed by atoms with Crippen molar-refractivity contribution in [2.24, 2.45) is 0 Å². The molecule has 12 heavy (non-hydrogen) atoms. The fourth-order valence-electron chi connectivity index (χ4n) is 0.999. The van der Waals surface area contributed by atoms with Crippen LogP contribution < -0.4 is 0 Å². The molecule has 0 heterocycles. The Kier molecular flexibility index (Phi) is 5.02. The lowest BCUT2D eigenvalue weighted by Crippen LogP contribution is -1.68. The minimum Gasteiger partial charge on any atom is -0.0876 e. The van der Waals surface area contributed by atoms with Crippen LogP contribution in [0.3, 0.4) is 0 Å². The van der Waals surface area contributed by atoms with Gasteiger partial charge in [0.1, 0.15) is 0 Å². The molecule has 0 saturated carbocycles. The summed E-state index contributed by atoms with van der Waals surface area (Å²) in [5.41, 5.74) is 0. The Morgan fingerprint density at radius 1 is 0.583 bits per heavy atom.